The van der Waals surface area contributed by atoms with Gasteiger partial charge in [0.2, 0.25) is 0 Å². The number of ketones is 1. The number of rotatable bonds is 7. The molecule has 2 N–H and O–H groups in total. The van der Waals surface area contributed by atoms with Gasteiger partial charge in [0, 0.05) is 24.7 Å². The van der Waals surface area contributed by atoms with Gasteiger partial charge in [0.1, 0.15) is 0 Å². The zero-order chi connectivity index (χ0) is 18.8. The lowest BCUT2D eigenvalue weighted by Gasteiger charge is -2.08. The van der Waals surface area contributed by atoms with Crippen LogP contribution in [0.5, 0.6) is 0 Å². The fourth-order valence-electron chi connectivity index (χ4n) is 1.93. The van der Waals surface area contributed by atoms with E-state index in [9.17, 15) is 19.2 Å². The van der Waals surface area contributed by atoms with Gasteiger partial charge in [0.15, 0.2) is 5.78 Å². The van der Waals surface area contributed by atoms with Crippen molar-refractivity contribution >= 4 is 23.6 Å². The Morgan fingerprint density at radius 1 is 1.08 bits per heavy atom. The standard InChI is InChI=1S/C18H22N2O5/c1-12(2)25-16(22)9-6-10-19-17(23)18(24)20-11-14-7-4-5-8-15(14)13(3)21/h4-9,12H,10-11H2,1-3H3,(H,19,23)(H,20,24)/b9-6+. The second kappa shape index (κ2) is 10.0. The summed E-state index contributed by atoms with van der Waals surface area (Å²) in [5.74, 6) is -2.29. The van der Waals surface area contributed by atoms with E-state index in [0.717, 1.165) is 0 Å². The minimum Gasteiger partial charge on any atom is -0.460 e. The van der Waals surface area contributed by atoms with Gasteiger partial charge in [0.25, 0.3) is 0 Å². The molecule has 0 aliphatic heterocycles. The van der Waals surface area contributed by atoms with Crippen LogP contribution >= 0.6 is 0 Å². The van der Waals surface area contributed by atoms with E-state index in [1.54, 1.807) is 38.1 Å². The van der Waals surface area contributed by atoms with Gasteiger partial charge in [-0.1, -0.05) is 30.3 Å². The van der Waals surface area contributed by atoms with Crippen LogP contribution < -0.4 is 10.6 Å². The van der Waals surface area contributed by atoms with Gasteiger partial charge in [-0.05, 0) is 26.3 Å². The average molecular weight is 346 g/mol. The fourth-order valence-corrected chi connectivity index (χ4v) is 1.93. The van der Waals surface area contributed by atoms with Crippen molar-refractivity contribution in [2.45, 2.75) is 33.4 Å². The maximum absolute atomic E-state index is 11.7. The van der Waals surface area contributed by atoms with Gasteiger partial charge in [-0.25, -0.2) is 4.79 Å². The van der Waals surface area contributed by atoms with Gasteiger partial charge in [-0.15, -0.1) is 0 Å². The molecule has 1 aromatic rings. The minimum absolute atomic E-state index is 0.0173. The number of ether oxygens (including phenoxy) is 1. The van der Waals surface area contributed by atoms with E-state index in [0.29, 0.717) is 11.1 Å². The Labute approximate surface area is 146 Å². The van der Waals surface area contributed by atoms with Crippen molar-refractivity contribution < 1.29 is 23.9 Å². The largest absolute Gasteiger partial charge is 0.460 e. The normalized spacial score (nSPS) is 10.6. The monoisotopic (exact) mass is 346 g/mol. The Morgan fingerprint density at radius 3 is 2.36 bits per heavy atom. The van der Waals surface area contributed by atoms with Crippen molar-refractivity contribution in [1.82, 2.24) is 10.6 Å². The molecule has 0 aliphatic carbocycles. The molecule has 0 unspecified atom stereocenters. The maximum atomic E-state index is 11.7. The molecule has 0 heterocycles. The lowest BCUT2D eigenvalue weighted by molar-refractivity contribution is -0.141. The van der Waals surface area contributed by atoms with Gasteiger partial charge < -0.3 is 15.4 Å². The lowest BCUT2D eigenvalue weighted by atomic mass is 10.0. The molecule has 0 aliphatic rings. The molecule has 1 aromatic carbocycles. The highest BCUT2D eigenvalue weighted by molar-refractivity contribution is 6.35. The topological polar surface area (TPSA) is 102 Å². The molecule has 25 heavy (non-hydrogen) atoms. The summed E-state index contributed by atoms with van der Waals surface area (Å²) < 4.78 is 4.88. The molecular formula is C18H22N2O5. The Kier molecular flexibility index (Phi) is 8.05. The Balaban J connectivity index is 2.43. The summed E-state index contributed by atoms with van der Waals surface area (Å²) in [5.41, 5.74) is 1.13. The van der Waals surface area contributed by atoms with Crippen molar-refractivity contribution in [1.29, 1.82) is 0 Å². The third-order valence-corrected chi connectivity index (χ3v) is 3.03. The van der Waals surface area contributed by atoms with Crippen LogP contribution in [0.1, 0.15) is 36.7 Å². The van der Waals surface area contributed by atoms with Crippen LogP contribution in [0, 0.1) is 0 Å². The highest BCUT2D eigenvalue weighted by Gasteiger charge is 2.13. The first-order chi connectivity index (χ1) is 11.8. The lowest BCUT2D eigenvalue weighted by Crippen LogP contribution is -2.39. The van der Waals surface area contributed by atoms with Crippen LogP contribution in [0.4, 0.5) is 0 Å². The molecule has 7 heteroatoms. The zero-order valence-electron chi connectivity index (χ0n) is 14.5. The summed E-state index contributed by atoms with van der Waals surface area (Å²) in [6.45, 7) is 4.97. The number of Topliss-reactive ketones (excluding diaryl/α,β-unsaturated/α-hetero) is 1. The highest BCUT2D eigenvalue weighted by Crippen LogP contribution is 2.08. The van der Waals surface area contributed by atoms with Crippen LogP contribution in [0.25, 0.3) is 0 Å². The molecule has 134 valence electrons. The number of nitrogens with one attached hydrogen (secondary N) is 2. The van der Waals surface area contributed by atoms with Crippen molar-refractivity contribution in [3.63, 3.8) is 0 Å². The summed E-state index contributed by atoms with van der Waals surface area (Å²) in [7, 11) is 0. The molecule has 2 amide bonds. The van der Waals surface area contributed by atoms with E-state index < -0.39 is 17.8 Å². The number of benzene rings is 1. The molecule has 0 atom stereocenters. The van der Waals surface area contributed by atoms with Gasteiger partial charge in [-0.2, -0.15) is 0 Å². The fraction of sp³-hybridized carbons (Fsp3) is 0.333. The van der Waals surface area contributed by atoms with E-state index in [2.05, 4.69) is 10.6 Å². The van der Waals surface area contributed by atoms with Crippen LogP contribution in [0.15, 0.2) is 36.4 Å². The van der Waals surface area contributed by atoms with Crippen molar-refractivity contribution in [3.8, 4) is 0 Å². The predicted molar refractivity (Wildman–Crippen MR) is 91.7 cm³/mol. The molecule has 0 fully saturated rings. The number of carbonyl (C=O) groups excluding carboxylic acids is 4. The third-order valence-electron chi connectivity index (χ3n) is 3.03. The number of carbonyl (C=O) groups is 4. The van der Waals surface area contributed by atoms with Crippen molar-refractivity contribution in [3.05, 3.63) is 47.5 Å². The maximum Gasteiger partial charge on any atom is 0.330 e. The number of esters is 1. The summed E-state index contributed by atoms with van der Waals surface area (Å²) in [6.07, 6.45) is 2.35. The first kappa shape index (κ1) is 20.1. The van der Waals surface area contributed by atoms with Crippen molar-refractivity contribution in [2.75, 3.05) is 6.54 Å². The number of hydrogen-bond donors (Lipinski definition) is 2. The summed E-state index contributed by atoms with van der Waals surface area (Å²) in [5, 5.41) is 4.80. The first-order valence-corrected chi connectivity index (χ1v) is 7.83. The van der Waals surface area contributed by atoms with E-state index in [1.807, 2.05) is 0 Å². The average Bonchev–Trinajstić information content (AvgIpc) is 2.55. The van der Waals surface area contributed by atoms with E-state index in [1.165, 1.54) is 19.1 Å². The van der Waals surface area contributed by atoms with Crippen molar-refractivity contribution in [2.24, 2.45) is 0 Å². The highest BCUT2D eigenvalue weighted by atomic mass is 16.5. The Bertz CT molecular complexity index is 680. The number of hydrogen-bond acceptors (Lipinski definition) is 5. The van der Waals surface area contributed by atoms with Gasteiger partial charge >= 0.3 is 17.8 Å². The zero-order valence-corrected chi connectivity index (χ0v) is 14.5. The van der Waals surface area contributed by atoms with Crippen LogP contribution in [0.3, 0.4) is 0 Å². The predicted octanol–water partition coefficient (Wildman–Crippen LogP) is 1.13. The molecule has 0 bridgehead atoms. The smallest absolute Gasteiger partial charge is 0.330 e. The summed E-state index contributed by atoms with van der Waals surface area (Å²) in [6, 6.07) is 6.84. The number of amides is 2. The molecule has 7 nitrogen and oxygen atoms in total. The Hall–Kier alpha value is -2.96. The van der Waals surface area contributed by atoms with E-state index >= 15 is 0 Å². The molecular weight excluding hydrogens is 324 g/mol. The first-order valence-electron chi connectivity index (χ1n) is 7.83. The molecule has 1 rings (SSSR count). The Morgan fingerprint density at radius 2 is 1.72 bits per heavy atom. The van der Waals surface area contributed by atoms with Crippen LogP contribution in [0.2, 0.25) is 0 Å². The molecule has 0 saturated heterocycles. The molecule has 0 spiro atoms. The second-order valence-corrected chi connectivity index (χ2v) is 5.49. The van der Waals surface area contributed by atoms with Crippen LogP contribution in [-0.2, 0) is 25.7 Å². The second-order valence-electron chi connectivity index (χ2n) is 5.49. The van der Waals surface area contributed by atoms with E-state index in [4.69, 9.17) is 4.74 Å². The molecule has 0 radical (unpaired) electrons. The molecule has 0 aromatic heterocycles. The summed E-state index contributed by atoms with van der Waals surface area (Å²) >= 11 is 0. The van der Waals surface area contributed by atoms with Gasteiger partial charge in [0.05, 0.1) is 6.10 Å². The van der Waals surface area contributed by atoms with E-state index in [-0.39, 0.29) is 25.0 Å². The summed E-state index contributed by atoms with van der Waals surface area (Å²) in [4.78, 5) is 46.2. The van der Waals surface area contributed by atoms with Crippen LogP contribution in [-0.4, -0.2) is 36.2 Å². The SMILES string of the molecule is CC(=O)c1ccccc1CNC(=O)C(=O)NC/C=C/C(=O)OC(C)C. The van der Waals surface area contributed by atoms with Gasteiger partial charge in [-0.3, -0.25) is 14.4 Å². The third kappa shape index (κ3) is 7.43. The minimum atomic E-state index is -0.831. The molecule has 0 saturated carbocycles. The quantitative estimate of drug-likeness (QED) is 0.333.